The molecular formula is C14H12O3. The molecule has 0 bridgehead atoms. The van der Waals surface area contributed by atoms with E-state index in [1.807, 2.05) is 6.07 Å². The van der Waals surface area contributed by atoms with E-state index in [4.69, 9.17) is 0 Å². The second-order valence-corrected chi connectivity index (χ2v) is 3.85. The topological polar surface area (TPSA) is 57.5 Å². The standard InChI is InChI=1S/C14H12O3/c1-9-7-13(16)11(8-12(9)15)14(17)10-5-3-2-4-6-10/h2-8,15-16H,1H3. The molecule has 3 heteroatoms. The van der Waals surface area contributed by atoms with E-state index in [1.54, 1.807) is 31.2 Å². The first-order chi connectivity index (χ1) is 8.09. The number of carbonyl (C=O) groups is 1. The number of aromatic hydroxyl groups is 2. The SMILES string of the molecule is Cc1cc(O)c(C(=O)c2ccccc2)cc1O. The highest BCUT2D eigenvalue weighted by atomic mass is 16.3. The minimum atomic E-state index is -0.307. The van der Waals surface area contributed by atoms with E-state index in [9.17, 15) is 15.0 Å². The molecule has 17 heavy (non-hydrogen) atoms. The summed E-state index contributed by atoms with van der Waals surface area (Å²) in [5, 5.41) is 19.3. The van der Waals surface area contributed by atoms with Gasteiger partial charge in [0.15, 0.2) is 5.78 Å². The zero-order valence-corrected chi connectivity index (χ0v) is 9.34. The van der Waals surface area contributed by atoms with E-state index in [1.165, 1.54) is 12.1 Å². The molecule has 2 aromatic carbocycles. The van der Waals surface area contributed by atoms with Crippen LogP contribution in [0, 0.1) is 6.92 Å². The highest BCUT2D eigenvalue weighted by Crippen LogP contribution is 2.28. The molecule has 0 saturated carbocycles. The number of rotatable bonds is 2. The first-order valence-corrected chi connectivity index (χ1v) is 5.22. The average Bonchev–Trinajstić information content (AvgIpc) is 2.34. The van der Waals surface area contributed by atoms with Crippen LogP contribution in [0.3, 0.4) is 0 Å². The Bertz CT molecular complexity index is 559. The molecule has 0 unspecified atom stereocenters. The van der Waals surface area contributed by atoms with Crippen molar-refractivity contribution in [3.05, 3.63) is 59.2 Å². The summed E-state index contributed by atoms with van der Waals surface area (Å²) in [7, 11) is 0. The maximum atomic E-state index is 12.1. The van der Waals surface area contributed by atoms with Crippen molar-refractivity contribution in [1.82, 2.24) is 0 Å². The number of hydrogen-bond acceptors (Lipinski definition) is 3. The van der Waals surface area contributed by atoms with Gasteiger partial charge < -0.3 is 10.2 Å². The molecule has 0 heterocycles. The molecule has 2 N–H and O–H groups in total. The summed E-state index contributed by atoms with van der Waals surface area (Å²) in [6.07, 6.45) is 0. The molecule has 0 atom stereocenters. The zero-order chi connectivity index (χ0) is 12.4. The summed E-state index contributed by atoms with van der Waals surface area (Å²) in [5.41, 5.74) is 1.12. The average molecular weight is 228 g/mol. The molecular weight excluding hydrogens is 216 g/mol. The van der Waals surface area contributed by atoms with Crippen LogP contribution in [-0.2, 0) is 0 Å². The van der Waals surface area contributed by atoms with E-state index in [2.05, 4.69) is 0 Å². The van der Waals surface area contributed by atoms with E-state index in [0.29, 0.717) is 11.1 Å². The van der Waals surface area contributed by atoms with Gasteiger partial charge in [-0.3, -0.25) is 4.79 Å². The molecule has 86 valence electrons. The number of hydrogen-bond donors (Lipinski definition) is 2. The molecule has 0 aliphatic heterocycles. The van der Waals surface area contributed by atoms with Crippen LogP contribution in [0.5, 0.6) is 11.5 Å². The summed E-state index contributed by atoms with van der Waals surface area (Å²) in [6, 6.07) is 11.3. The maximum absolute atomic E-state index is 12.1. The minimum absolute atomic E-state index is 0.00193. The van der Waals surface area contributed by atoms with Gasteiger partial charge in [-0.25, -0.2) is 0 Å². The van der Waals surface area contributed by atoms with Crippen molar-refractivity contribution in [3.63, 3.8) is 0 Å². The van der Waals surface area contributed by atoms with E-state index in [-0.39, 0.29) is 22.8 Å². The third kappa shape index (κ3) is 2.13. The monoisotopic (exact) mass is 228 g/mol. The lowest BCUT2D eigenvalue weighted by Crippen LogP contribution is -2.01. The molecule has 2 aromatic rings. The molecule has 3 nitrogen and oxygen atoms in total. The highest BCUT2D eigenvalue weighted by Gasteiger charge is 2.15. The lowest BCUT2D eigenvalue weighted by atomic mass is 10.0. The smallest absolute Gasteiger partial charge is 0.196 e. The molecule has 0 saturated heterocycles. The van der Waals surface area contributed by atoms with Gasteiger partial charge in [-0.2, -0.15) is 0 Å². The van der Waals surface area contributed by atoms with Gasteiger partial charge in [0.05, 0.1) is 5.56 Å². The van der Waals surface area contributed by atoms with Crippen LogP contribution in [0.15, 0.2) is 42.5 Å². The molecule has 0 aromatic heterocycles. The van der Waals surface area contributed by atoms with Gasteiger partial charge in [-0.15, -0.1) is 0 Å². The van der Waals surface area contributed by atoms with Crippen LogP contribution in [-0.4, -0.2) is 16.0 Å². The van der Waals surface area contributed by atoms with Crippen LogP contribution in [0.25, 0.3) is 0 Å². The fraction of sp³-hybridized carbons (Fsp3) is 0.0714. The number of phenolic OH excluding ortho intramolecular Hbond substituents is 2. The Balaban J connectivity index is 2.48. The zero-order valence-electron chi connectivity index (χ0n) is 9.34. The van der Waals surface area contributed by atoms with Gasteiger partial charge in [0.1, 0.15) is 11.5 Å². The van der Waals surface area contributed by atoms with Crippen LogP contribution >= 0.6 is 0 Å². The number of benzene rings is 2. The molecule has 0 spiro atoms. The fourth-order valence-corrected chi connectivity index (χ4v) is 1.61. The first kappa shape index (κ1) is 11.2. The molecule has 0 amide bonds. The Morgan fingerprint density at radius 1 is 1.00 bits per heavy atom. The molecule has 0 radical (unpaired) electrons. The Labute approximate surface area is 99.0 Å². The largest absolute Gasteiger partial charge is 0.508 e. The second kappa shape index (κ2) is 4.29. The normalized spacial score (nSPS) is 10.2. The predicted molar refractivity (Wildman–Crippen MR) is 64.4 cm³/mol. The van der Waals surface area contributed by atoms with E-state index >= 15 is 0 Å². The highest BCUT2D eigenvalue weighted by molar-refractivity contribution is 6.10. The van der Waals surface area contributed by atoms with Crippen LogP contribution in [0.1, 0.15) is 21.5 Å². The Hall–Kier alpha value is -2.29. The van der Waals surface area contributed by atoms with E-state index in [0.717, 1.165) is 0 Å². The van der Waals surface area contributed by atoms with Crippen molar-refractivity contribution in [1.29, 1.82) is 0 Å². The van der Waals surface area contributed by atoms with Gasteiger partial charge in [0.25, 0.3) is 0 Å². The Morgan fingerprint density at radius 3 is 2.29 bits per heavy atom. The summed E-state index contributed by atoms with van der Waals surface area (Å²) in [5.74, 6) is -0.422. The van der Waals surface area contributed by atoms with Crippen molar-refractivity contribution < 1.29 is 15.0 Å². The van der Waals surface area contributed by atoms with E-state index < -0.39 is 0 Å². The van der Waals surface area contributed by atoms with Crippen molar-refractivity contribution in [2.45, 2.75) is 6.92 Å². The van der Waals surface area contributed by atoms with Crippen molar-refractivity contribution in [3.8, 4) is 11.5 Å². The van der Waals surface area contributed by atoms with Gasteiger partial charge in [0.2, 0.25) is 0 Å². The number of phenols is 2. The third-order valence-electron chi connectivity index (χ3n) is 2.59. The molecule has 0 fully saturated rings. The third-order valence-corrected chi connectivity index (χ3v) is 2.59. The number of carbonyl (C=O) groups excluding carboxylic acids is 1. The molecule has 0 aliphatic rings. The van der Waals surface area contributed by atoms with Gasteiger partial charge in [-0.1, -0.05) is 30.3 Å². The first-order valence-electron chi connectivity index (χ1n) is 5.22. The maximum Gasteiger partial charge on any atom is 0.196 e. The van der Waals surface area contributed by atoms with Crippen LogP contribution in [0.2, 0.25) is 0 Å². The van der Waals surface area contributed by atoms with Gasteiger partial charge in [-0.05, 0) is 24.6 Å². The predicted octanol–water partition coefficient (Wildman–Crippen LogP) is 2.64. The minimum Gasteiger partial charge on any atom is -0.508 e. The van der Waals surface area contributed by atoms with Gasteiger partial charge in [0, 0.05) is 5.56 Å². The molecule has 0 aliphatic carbocycles. The number of aryl methyl sites for hydroxylation is 1. The van der Waals surface area contributed by atoms with Crippen molar-refractivity contribution in [2.75, 3.05) is 0 Å². The van der Waals surface area contributed by atoms with Crippen molar-refractivity contribution in [2.24, 2.45) is 0 Å². The summed E-state index contributed by atoms with van der Waals surface area (Å²) in [6.45, 7) is 1.66. The lowest BCUT2D eigenvalue weighted by Gasteiger charge is -2.06. The Kier molecular flexibility index (Phi) is 2.83. The van der Waals surface area contributed by atoms with Crippen molar-refractivity contribution >= 4 is 5.78 Å². The summed E-state index contributed by atoms with van der Waals surface area (Å²) in [4.78, 5) is 12.1. The van der Waals surface area contributed by atoms with Gasteiger partial charge >= 0.3 is 0 Å². The fourth-order valence-electron chi connectivity index (χ4n) is 1.61. The van der Waals surface area contributed by atoms with Crippen LogP contribution in [0.4, 0.5) is 0 Å². The molecule has 2 rings (SSSR count). The summed E-state index contributed by atoms with van der Waals surface area (Å²) < 4.78 is 0. The quantitative estimate of drug-likeness (QED) is 0.613. The van der Waals surface area contributed by atoms with Crippen LogP contribution < -0.4 is 0 Å². The summed E-state index contributed by atoms with van der Waals surface area (Å²) >= 11 is 0. The second-order valence-electron chi connectivity index (χ2n) is 3.85. The number of ketones is 1. The Morgan fingerprint density at radius 2 is 1.65 bits per heavy atom. The lowest BCUT2D eigenvalue weighted by molar-refractivity contribution is 0.103.